The number of aliphatic hydroxyl groups is 1. The van der Waals surface area contributed by atoms with Gasteiger partial charge >= 0.3 is 0 Å². The molecule has 5 heteroatoms. The zero-order valence-corrected chi connectivity index (χ0v) is 16.8. The Balaban J connectivity index is 0.00000210. The van der Waals surface area contributed by atoms with Gasteiger partial charge in [0.2, 0.25) is 5.91 Å². The second-order valence-corrected chi connectivity index (χ2v) is 8.71. The van der Waals surface area contributed by atoms with Crippen molar-refractivity contribution in [3.63, 3.8) is 0 Å². The van der Waals surface area contributed by atoms with Gasteiger partial charge in [-0.15, -0.1) is 12.4 Å². The molecule has 0 radical (unpaired) electrons. The summed E-state index contributed by atoms with van der Waals surface area (Å²) in [5.41, 5.74) is 7.37. The summed E-state index contributed by atoms with van der Waals surface area (Å²) in [5, 5.41) is 10.6. The fourth-order valence-electron chi connectivity index (χ4n) is 5.61. The first-order chi connectivity index (χ1) is 12.6. The molecule has 4 rings (SSSR count). The molecule has 3 unspecified atom stereocenters. The van der Waals surface area contributed by atoms with Crippen molar-refractivity contribution in [2.75, 3.05) is 13.1 Å². The number of benzene rings is 1. The Morgan fingerprint density at radius 1 is 1.04 bits per heavy atom. The third-order valence-corrected chi connectivity index (χ3v) is 7.20. The van der Waals surface area contributed by atoms with Crippen LogP contribution in [0.25, 0.3) is 0 Å². The summed E-state index contributed by atoms with van der Waals surface area (Å²) < 4.78 is 0. The lowest BCUT2D eigenvalue weighted by atomic mass is 9.65. The molecule has 3 N–H and O–H groups in total. The van der Waals surface area contributed by atoms with E-state index in [1.54, 1.807) is 0 Å². The maximum absolute atomic E-state index is 13.1. The minimum Gasteiger partial charge on any atom is -0.388 e. The zero-order chi connectivity index (χ0) is 18.1. The SMILES string of the molecule is Cl.NC1C2CCCC1CC(C(=O)N1CCC(C(O)c3ccccc3)CC1)C2. The molecule has 0 spiro atoms. The van der Waals surface area contributed by atoms with Crippen molar-refractivity contribution < 1.29 is 9.90 Å². The molecule has 3 aliphatic rings. The molecule has 1 amide bonds. The molecule has 0 aromatic heterocycles. The number of nitrogens with zero attached hydrogens (tertiary/aromatic N) is 1. The van der Waals surface area contributed by atoms with E-state index in [0.29, 0.717) is 23.8 Å². The number of amides is 1. The minimum absolute atomic E-state index is 0. The number of aliphatic hydroxyl groups excluding tert-OH is 1. The highest BCUT2D eigenvalue weighted by Crippen LogP contribution is 2.43. The molecule has 2 aliphatic carbocycles. The average molecular weight is 393 g/mol. The number of likely N-dealkylation sites (tertiary alicyclic amines) is 1. The van der Waals surface area contributed by atoms with Gasteiger partial charge in [-0.25, -0.2) is 0 Å². The largest absolute Gasteiger partial charge is 0.388 e. The first-order valence-corrected chi connectivity index (χ1v) is 10.4. The smallest absolute Gasteiger partial charge is 0.225 e. The van der Waals surface area contributed by atoms with Crippen LogP contribution in [0.1, 0.15) is 56.6 Å². The summed E-state index contributed by atoms with van der Waals surface area (Å²) >= 11 is 0. The van der Waals surface area contributed by atoms with Crippen LogP contribution in [-0.2, 0) is 4.79 Å². The molecule has 2 saturated carbocycles. The van der Waals surface area contributed by atoms with Gasteiger partial charge in [0.1, 0.15) is 0 Å². The predicted molar refractivity (Wildman–Crippen MR) is 109 cm³/mol. The number of hydrogen-bond donors (Lipinski definition) is 2. The quantitative estimate of drug-likeness (QED) is 0.826. The van der Waals surface area contributed by atoms with Crippen LogP contribution in [0.15, 0.2) is 30.3 Å². The highest BCUT2D eigenvalue weighted by atomic mass is 35.5. The first kappa shape index (κ1) is 20.6. The van der Waals surface area contributed by atoms with Crippen LogP contribution in [0.5, 0.6) is 0 Å². The van der Waals surface area contributed by atoms with E-state index in [4.69, 9.17) is 5.73 Å². The fourth-order valence-corrected chi connectivity index (χ4v) is 5.61. The topological polar surface area (TPSA) is 66.6 Å². The Morgan fingerprint density at radius 3 is 2.22 bits per heavy atom. The Morgan fingerprint density at radius 2 is 1.63 bits per heavy atom. The van der Waals surface area contributed by atoms with Gasteiger partial charge in [-0.05, 0) is 61.8 Å². The van der Waals surface area contributed by atoms with Gasteiger partial charge in [-0.1, -0.05) is 36.8 Å². The molecule has 3 atom stereocenters. The van der Waals surface area contributed by atoms with Gasteiger partial charge in [0.05, 0.1) is 6.10 Å². The van der Waals surface area contributed by atoms with Crippen LogP contribution < -0.4 is 5.73 Å². The first-order valence-electron chi connectivity index (χ1n) is 10.4. The van der Waals surface area contributed by atoms with Gasteiger partial charge in [-0.3, -0.25) is 4.79 Å². The number of fused-ring (bicyclic) bond motifs is 2. The number of rotatable bonds is 3. The summed E-state index contributed by atoms with van der Waals surface area (Å²) in [6.07, 6.45) is 7.03. The van der Waals surface area contributed by atoms with Crippen LogP contribution in [-0.4, -0.2) is 35.0 Å². The van der Waals surface area contributed by atoms with Crippen molar-refractivity contribution in [2.24, 2.45) is 29.4 Å². The van der Waals surface area contributed by atoms with E-state index in [0.717, 1.165) is 44.3 Å². The van der Waals surface area contributed by atoms with Crippen LogP contribution >= 0.6 is 12.4 Å². The second-order valence-electron chi connectivity index (χ2n) is 8.71. The molecule has 3 fully saturated rings. The second kappa shape index (κ2) is 8.93. The lowest BCUT2D eigenvalue weighted by Gasteiger charge is -2.45. The summed E-state index contributed by atoms with van der Waals surface area (Å²) in [4.78, 5) is 15.1. The van der Waals surface area contributed by atoms with Crippen molar-refractivity contribution in [1.82, 2.24) is 4.90 Å². The normalized spacial score (nSPS) is 32.4. The molecule has 2 bridgehead atoms. The molecule has 1 aromatic carbocycles. The highest BCUT2D eigenvalue weighted by Gasteiger charge is 2.42. The molecular weight excluding hydrogens is 360 g/mol. The van der Waals surface area contributed by atoms with Gasteiger partial charge in [0, 0.05) is 25.0 Å². The summed E-state index contributed by atoms with van der Waals surface area (Å²) in [7, 11) is 0. The number of carbonyl (C=O) groups excluding carboxylic acids is 1. The molecule has 1 saturated heterocycles. The lowest BCUT2D eigenvalue weighted by Crippen LogP contribution is -2.50. The number of nitrogens with two attached hydrogens (primary N) is 1. The van der Waals surface area contributed by atoms with Crippen molar-refractivity contribution >= 4 is 18.3 Å². The number of carbonyl (C=O) groups is 1. The van der Waals surface area contributed by atoms with E-state index in [1.807, 2.05) is 30.3 Å². The monoisotopic (exact) mass is 392 g/mol. The van der Waals surface area contributed by atoms with Crippen LogP contribution in [0.3, 0.4) is 0 Å². The average Bonchev–Trinajstić information content (AvgIpc) is 2.67. The Kier molecular flexibility index (Phi) is 6.83. The molecule has 4 nitrogen and oxygen atoms in total. The number of halogens is 1. The van der Waals surface area contributed by atoms with E-state index in [1.165, 1.54) is 19.3 Å². The maximum Gasteiger partial charge on any atom is 0.225 e. The molecule has 1 aromatic rings. The van der Waals surface area contributed by atoms with Gasteiger partial charge in [0.15, 0.2) is 0 Å². The van der Waals surface area contributed by atoms with Gasteiger partial charge < -0.3 is 15.7 Å². The van der Waals surface area contributed by atoms with Crippen LogP contribution in [0.2, 0.25) is 0 Å². The minimum atomic E-state index is -0.416. The van der Waals surface area contributed by atoms with Crippen LogP contribution in [0.4, 0.5) is 0 Å². The number of hydrogen-bond acceptors (Lipinski definition) is 3. The van der Waals surface area contributed by atoms with E-state index in [9.17, 15) is 9.90 Å². The van der Waals surface area contributed by atoms with E-state index >= 15 is 0 Å². The Labute approximate surface area is 168 Å². The van der Waals surface area contributed by atoms with E-state index < -0.39 is 6.10 Å². The van der Waals surface area contributed by atoms with Gasteiger partial charge in [0.25, 0.3) is 0 Å². The zero-order valence-electron chi connectivity index (χ0n) is 16.0. The van der Waals surface area contributed by atoms with Crippen molar-refractivity contribution in [3.8, 4) is 0 Å². The van der Waals surface area contributed by atoms with Crippen molar-refractivity contribution in [3.05, 3.63) is 35.9 Å². The maximum atomic E-state index is 13.1. The Bertz CT molecular complexity index is 604. The Hall–Kier alpha value is -1.10. The van der Waals surface area contributed by atoms with E-state index in [2.05, 4.69) is 4.90 Å². The molecular formula is C22H33ClN2O2. The van der Waals surface area contributed by atoms with E-state index in [-0.39, 0.29) is 24.2 Å². The predicted octanol–water partition coefficient (Wildman–Crippen LogP) is 3.53. The van der Waals surface area contributed by atoms with Crippen LogP contribution in [0, 0.1) is 23.7 Å². The molecule has 27 heavy (non-hydrogen) atoms. The van der Waals surface area contributed by atoms with Crippen molar-refractivity contribution in [1.29, 1.82) is 0 Å². The fraction of sp³-hybridized carbons (Fsp3) is 0.682. The third-order valence-electron chi connectivity index (χ3n) is 7.20. The van der Waals surface area contributed by atoms with Crippen molar-refractivity contribution in [2.45, 2.75) is 57.1 Å². The number of piperidine rings is 1. The summed E-state index contributed by atoms with van der Waals surface area (Å²) in [6.45, 7) is 1.57. The third kappa shape index (κ3) is 4.33. The molecule has 150 valence electrons. The van der Waals surface area contributed by atoms with Gasteiger partial charge in [-0.2, -0.15) is 0 Å². The summed E-state index contributed by atoms with van der Waals surface area (Å²) in [5.74, 6) is 1.88. The summed E-state index contributed by atoms with van der Waals surface area (Å²) in [6, 6.07) is 10.2. The molecule has 1 heterocycles. The highest BCUT2D eigenvalue weighted by molar-refractivity contribution is 5.85. The standard InChI is InChI=1S/C22H32N2O2.ClH/c23-20-17-7-4-8-18(20)14-19(13-17)22(26)24-11-9-16(10-12-24)21(25)15-5-2-1-3-6-15;/h1-3,5-6,16-21,25H,4,7-14,23H2;1H. The lowest BCUT2D eigenvalue weighted by molar-refractivity contribution is -0.140. The molecule has 1 aliphatic heterocycles.